The molecule has 0 unspecified atom stereocenters. The smallest absolute Gasteiger partial charge is 0.191 e. The van der Waals surface area contributed by atoms with Gasteiger partial charge in [0.25, 0.3) is 0 Å². The molecule has 5 heteroatoms. The van der Waals surface area contributed by atoms with E-state index in [4.69, 9.17) is 0 Å². The van der Waals surface area contributed by atoms with E-state index in [2.05, 4.69) is 34.5 Å². The zero-order valence-electron chi connectivity index (χ0n) is 13.9. The van der Waals surface area contributed by atoms with Crippen molar-refractivity contribution in [2.75, 3.05) is 13.6 Å². The molecule has 0 radical (unpaired) electrons. The molecule has 1 heterocycles. The van der Waals surface area contributed by atoms with Gasteiger partial charge in [0.2, 0.25) is 0 Å². The summed E-state index contributed by atoms with van der Waals surface area (Å²) in [5.41, 5.74) is 0. The molecule has 0 bridgehead atoms. The van der Waals surface area contributed by atoms with E-state index < -0.39 is 0 Å². The molecule has 0 amide bonds. The summed E-state index contributed by atoms with van der Waals surface area (Å²) in [5, 5.41) is 7.80. The van der Waals surface area contributed by atoms with E-state index in [9.17, 15) is 0 Å². The van der Waals surface area contributed by atoms with Crippen LogP contribution >= 0.6 is 11.3 Å². The second-order valence-electron chi connectivity index (χ2n) is 5.79. The van der Waals surface area contributed by atoms with Gasteiger partial charge in [0.05, 0.1) is 11.6 Å². The summed E-state index contributed by atoms with van der Waals surface area (Å²) >= 11 is 1.72. The van der Waals surface area contributed by atoms with Crippen LogP contribution in [0.15, 0.2) is 11.2 Å². The number of nitrogens with one attached hydrogen (secondary N) is 2. The number of nitrogens with zero attached hydrogens (tertiary/aromatic N) is 2. The van der Waals surface area contributed by atoms with Gasteiger partial charge >= 0.3 is 0 Å². The minimum absolute atomic E-state index is 0.791. The molecule has 0 aromatic carbocycles. The number of aryl methyl sites for hydroxylation is 1. The molecule has 0 atom stereocenters. The van der Waals surface area contributed by atoms with Crippen molar-refractivity contribution in [2.24, 2.45) is 10.9 Å². The first kappa shape index (κ1) is 18.0. The number of unbranched alkanes of at least 4 members (excludes halogenated alkanes) is 3. The van der Waals surface area contributed by atoms with E-state index in [0.29, 0.717) is 0 Å². The summed E-state index contributed by atoms with van der Waals surface area (Å²) in [6.07, 6.45) is 8.48. The third-order valence-corrected chi connectivity index (χ3v) is 4.24. The number of aliphatic imine (C=N–C) groups is 1. The quantitative estimate of drug-likeness (QED) is 0.415. The minimum atomic E-state index is 0.791. The van der Waals surface area contributed by atoms with Crippen LogP contribution in [0.3, 0.4) is 0 Å². The molecule has 0 aliphatic carbocycles. The van der Waals surface area contributed by atoms with Crippen molar-refractivity contribution in [3.8, 4) is 0 Å². The van der Waals surface area contributed by atoms with Gasteiger partial charge in [-0.05, 0) is 19.3 Å². The molecule has 0 spiro atoms. The Morgan fingerprint density at radius 2 is 2.00 bits per heavy atom. The van der Waals surface area contributed by atoms with Gasteiger partial charge in [-0.3, -0.25) is 4.99 Å². The molecule has 0 aliphatic rings. The van der Waals surface area contributed by atoms with Gasteiger partial charge in [-0.1, -0.05) is 39.5 Å². The highest BCUT2D eigenvalue weighted by atomic mass is 32.1. The fraction of sp³-hybridized carbons (Fsp3) is 0.750. The SMILES string of the molecule is CN=C(NCCCCCCC(C)C)NCc1cnc(C)s1. The van der Waals surface area contributed by atoms with Gasteiger partial charge in [-0.25, -0.2) is 4.98 Å². The second-order valence-corrected chi connectivity index (χ2v) is 7.11. The third-order valence-electron chi connectivity index (χ3n) is 3.32. The molecule has 2 N–H and O–H groups in total. The zero-order chi connectivity index (χ0) is 15.5. The maximum atomic E-state index is 4.25. The summed E-state index contributed by atoms with van der Waals surface area (Å²) in [7, 11) is 1.82. The standard InChI is InChI=1S/C16H30N4S/c1-13(2)9-7-5-6-8-10-18-16(17-4)20-12-15-11-19-14(3)21-15/h11,13H,5-10,12H2,1-4H3,(H2,17,18,20). The fourth-order valence-corrected chi connectivity index (χ4v) is 2.85. The highest BCUT2D eigenvalue weighted by Crippen LogP contribution is 2.10. The van der Waals surface area contributed by atoms with E-state index in [0.717, 1.165) is 30.0 Å². The Morgan fingerprint density at radius 1 is 1.24 bits per heavy atom. The van der Waals surface area contributed by atoms with Crippen LogP contribution in [-0.4, -0.2) is 24.5 Å². The van der Waals surface area contributed by atoms with Crippen molar-refractivity contribution in [2.45, 2.75) is 59.4 Å². The number of rotatable bonds is 9. The van der Waals surface area contributed by atoms with Crippen molar-refractivity contribution in [3.05, 3.63) is 16.1 Å². The molecule has 0 saturated heterocycles. The topological polar surface area (TPSA) is 49.3 Å². The molecule has 1 aromatic rings. The van der Waals surface area contributed by atoms with Crippen molar-refractivity contribution < 1.29 is 0 Å². The monoisotopic (exact) mass is 310 g/mol. The third kappa shape index (κ3) is 8.71. The lowest BCUT2D eigenvalue weighted by Crippen LogP contribution is -2.37. The number of hydrogen-bond acceptors (Lipinski definition) is 3. The Morgan fingerprint density at radius 3 is 2.62 bits per heavy atom. The van der Waals surface area contributed by atoms with Gasteiger partial charge in [0.15, 0.2) is 5.96 Å². The van der Waals surface area contributed by atoms with Crippen LogP contribution < -0.4 is 10.6 Å². The van der Waals surface area contributed by atoms with Crippen LogP contribution in [0.2, 0.25) is 0 Å². The van der Waals surface area contributed by atoms with Crippen molar-refractivity contribution in [1.29, 1.82) is 0 Å². The Balaban J connectivity index is 2.06. The summed E-state index contributed by atoms with van der Waals surface area (Å²) in [6.45, 7) is 8.40. The van der Waals surface area contributed by atoms with E-state index in [1.807, 2.05) is 20.2 Å². The average molecular weight is 311 g/mol. The molecular formula is C16H30N4S. The van der Waals surface area contributed by atoms with Crippen LogP contribution in [0.1, 0.15) is 55.8 Å². The number of guanidine groups is 1. The van der Waals surface area contributed by atoms with E-state index in [1.54, 1.807) is 11.3 Å². The lowest BCUT2D eigenvalue weighted by molar-refractivity contribution is 0.518. The van der Waals surface area contributed by atoms with Gasteiger partial charge in [0.1, 0.15) is 0 Å². The predicted molar refractivity (Wildman–Crippen MR) is 93.0 cm³/mol. The molecule has 0 saturated carbocycles. The van der Waals surface area contributed by atoms with Crippen molar-refractivity contribution in [3.63, 3.8) is 0 Å². The van der Waals surface area contributed by atoms with E-state index in [1.165, 1.54) is 37.0 Å². The van der Waals surface area contributed by atoms with E-state index >= 15 is 0 Å². The van der Waals surface area contributed by atoms with Crippen molar-refractivity contribution in [1.82, 2.24) is 15.6 Å². The molecule has 1 aromatic heterocycles. The average Bonchev–Trinajstić information content (AvgIpc) is 2.86. The van der Waals surface area contributed by atoms with Crippen LogP contribution in [-0.2, 0) is 6.54 Å². The maximum Gasteiger partial charge on any atom is 0.191 e. The van der Waals surface area contributed by atoms with Crippen molar-refractivity contribution >= 4 is 17.3 Å². The summed E-state index contributed by atoms with van der Waals surface area (Å²) in [5.74, 6) is 1.71. The first-order valence-electron chi connectivity index (χ1n) is 7.97. The number of thiazole rings is 1. The molecule has 1 rings (SSSR count). The van der Waals surface area contributed by atoms with Crippen LogP contribution in [0.25, 0.3) is 0 Å². The first-order valence-corrected chi connectivity index (χ1v) is 8.79. The molecule has 0 fully saturated rings. The molecule has 21 heavy (non-hydrogen) atoms. The van der Waals surface area contributed by atoms with Gasteiger partial charge in [0, 0.05) is 24.7 Å². The lowest BCUT2D eigenvalue weighted by Gasteiger charge is -2.11. The Hall–Kier alpha value is -1.10. The highest BCUT2D eigenvalue weighted by Gasteiger charge is 2.01. The summed E-state index contributed by atoms with van der Waals surface area (Å²) in [4.78, 5) is 9.74. The predicted octanol–water partition coefficient (Wildman–Crippen LogP) is 3.72. The fourth-order valence-electron chi connectivity index (χ4n) is 2.12. The molecular weight excluding hydrogens is 280 g/mol. The van der Waals surface area contributed by atoms with Crippen LogP contribution in [0.4, 0.5) is 0 Å². The second kappa shape index (κ2) is 10.6. The summed E-state index contributed by atoms with van der Waals surface area (Å²) < 4.78 is 0. The number of aromatic nitrogens is 1. The van der Waals surface area contributed by atoms with Gasteiger partial charge in [-0.2, -0.15) is 0 Å². The van der Waals surface area contributed by atoms with Gasteiger partial charge in [-0.15, -0.1) is 11.3 Å². The summed E-state index contributed by atoms with van der Waals surface area (Å²) in [6, 6.07) is 0. The largest absolute Gasteiger partial charge is 0.356 e. The Bertz CT molecular complexity index is 412. The zero-order valence-corrected chi connectivity index (χ0v) is 14.7. The first-order chi connectivity index (χ1) is 10.1. The minimum Gasteiger partial charge on any atom is -0.356 e. The highest BCUT2D eigenvalue weighted by molar-refractivity contribution is 7.11. The lowest BCUT2D eigenvalue weighted by atomic mass is 10.0. The normalized spacial score (nSPS) is 12.0. The molecule has 0 aliphatic heterocycles. The van der Waals surface area contributed by atoms with Crippen LogP contribution in [0.5, 0.6) is 0 Å². The maximum absolute atomic E-state index is 4.25. The Labute approximate surface area is 133 Å². The molecule has 4 nitrogen and oxygen atoms in total. The Kier molecular flexibility index (Phi) is 9.06. The van der Waals surface area contributed by atoms with E-state index in [-0.39, 0.29) is 0 Å². The van der Waals surface area contributed by atoms with Crippen LogP contribution in [0, 0.1) is 12.8 Å². The number of hydrogen-bond donors (Lipinski definition) is 2. The van der Waals surface area contributed by atoms with Gasteiger partial charge < -0.3 is 10.6 Å². The molecule has 120 valence electrons.